The van der Waals surface area contributed by atoms with E-state index < -0.39 is 0 Å². The van der Waals surface area contributed by atoms with Gasteiger partial charge in [0.25, 0.3) is 0 Å². The van der Waals surface area contributed by atoms with E-state index in [9.17, 15) is 0 Å². The molecule has 112 valence electrons. The summed E-state index contributed by atoms with van der Waals surface area (Å²) >= 11 is 0. The number of ether oxygens (including phenoxy) is 1. The minimum absolute atomic E-state index is 0.0120. The van der Waals surface area contributed by atoms with Crippen molar-refractivity contribution < 1.29 is 4.74 Å². The zero-order valence-corrected chi connectivity index (χ0v) is 12.8. The molecule has 0 spiro atoms. The first kappa shape index (κ1) is 14.6. The lowest BCUT2D eigenvalue weighted by molar-refractivity contribution is 0.302. The summed E-state index contributed by atoms with van der Waals surface area (Å²) in [4.78, 5) is 0. The maximum atomic E-state index is 6.22. The Balaban J connectivity index is 1.69. The van der Waals surface area contributed by atoms with E-state index in [0.717, 1.165) is 23.1 Å². The van der Waals surface area contributed by atoms with Crippen LogP contribution in [0.2, 0.25) is 0 Å². The van der Waals surface area contributed by atoms with Crippen molar-refractivity contribution in [3.05, 3.63) is 77.9 Å². The largest absolute Gasteiger partial charge is 0.493 e. The van der Waals surface area contributed by atoms with Gasteiger partial charge in [0.15, 0.2) is 0 Å². The third-order valence-electron chi connectivity index (χ3n) is 4.02. The summed E-state index contributed by atoms with van der Waals surface area (Å²) in [6, 6.07) is 22.7. The summed E-state index contributed by atoms with van der Waals surface area (Å²) in [7, 11) is 0. The van der Waals surface area contributed by atoms with Crippen LogP contribution in [-0.2, 0) is 0 Å². The molecule has 0 aliphatic rings. The van der Waals surface area contributed by atoms with Crippen LogP contribution in [0.5, 0.6) is 5.75 Å². The highest BCUT2D eigenvalue weighted by Gasteiger charge is 2.07. The third kappa shape index (κ3) is 3.12. The fourth-order valence-electron chi connectivity index (χ4n) is 2.71. The Hall–Kier alpha value is -2.32. The van der Waals surface area contributed by atoms with Crippen molar-refractivity contribution in [3.8, 4) is 5.75 Å². The number of rotatable bonds is 5. The molecular formula is C20H21NO. The lowest BCUT2D eigenvalue weighted by Crippen LogP contribution is -2.14. The Labute approximate surface area is 131 Å². The number of hydrogen-bond donors (Lipinski definition) is 1. The minimum atomic E-state index is 0.0120. The van der Waals surface area contributed by atoms with E-state index in [1.807, 2.05) is 30.3 Å². The summed E-state index contributed by atoms with van der Waals surface area (Å²) in [6.07, 6.45) is 0.798. The van der Waals surface area contributed by atoms with Crippen molar-refractivity contribution in [2.24, 2.45) is 5.73 Å². The molecule has 1 atom stereocenters. The first-order valence-electron chi connectivity index (χ1n) is 7.67. The molecule has 2 nitrogen and oxygen atoms in total. The normalized spacial score (nSPS) is 12.3. The molecule has 3 rings (SSSR count). The van der Waals surface area contributed by atoms with Gasteiger partial charge in [0.1, 0.15) is 5.75 Å². The first-order chi connectivity index (χ1) is 10.8. The Morgan fingerprint density at radius 2 is 1.55 bits per heavy atom. The topological polar surface area (TPSA) is 35.2 Å². The third-order valence-corrected chi connectivity index (χ3v) is 4.02. The molecule has 0 amide bonds. The van der Waals surface area contributed by atoms with Crippen molar-refractivity contribution in [3.63, 3.8) is 0 Å². The van der Waals surface area contributed by atoms with Gasteiger partial charge in [-0.2, -0.15) is 0 Å². The maximum absolute atomic E-state index is 6.22. The van der Waals surface area contributed by atoms with Crippen molar-refractivity contribution in [1.82, 2.24) is 0 Å². The second-order valence-corrected chi connectivity index (χ2v) is 5.58. The van der Waals surface area contributed by atoms with Gasteiger partial charge < -0.3 is 10.5 Å². The summed E-state index contributed by atoms with van der Waals surface area (Å²) in [5.74, 6) is 0.932. The van der Waals surface area contributed by atoms with Crippen LogP contribution < -0.4 is 10.5 Å². The predicted octanol–water partition coefficient (Wildman–Crippen LogP) is 4.62. The van der Waals surface area contributed by atoms with Gasteiger partial charge in [-0.05, 0) is 29.5 Å². The zero-order chi connectivity index (χ0) is 15.4. The molecule has 3 aromatic carbocycles. The van der Waals surface area contributed by atoms with Gasteiger partial charge in [-0.25, -0.2) is 0 Å². The highest BCUT2D eigenvalue weighted by molar-refractivity contribution is 5.90. The fourth-order valence-corrected chi connectivity index (χ4v) is 2.71. The smallest absolute Gasteiger partial charge is 0.127 e. The van der Waals surface area contributed by atoms with Gasteiger partial charge in [0.05, 0.1) is 6.61 Å². The average molecular weight is 291 g/mol. The maximum Gasteiger partial charge on any atom is 0.127 e. The predicted molar refractivity (Wildman–Crippen MR) is 92.2 cm³/mol. The first-order valence-corrected chi connectivity index (χ1v) is 7.67. The van der Waals surface area contributed by atoms with Gasteiger partial charge >= 0.3 is 0 Å². The lowest BCUT2D eigenvalue weighted by Gasteiger charge is -2.14. The van der Waals surface area contributed by atoms with Crippen LogP contribution in [0.15, 0.2) is 66.7 Å². The van der Waals surface area contributed by atoms with E-state index in [1.165, 1.54) is 10.9 Å². The molecule has 3 aromatic rings. The number of nitrogens with two attached hydrogens (primary N) is 1. The van der Waals surface area contributed by atoms with E-state index in [1.54, 1.807) is 0 Å². The summed E-state index contributed by atoms with van der Waals surface area (Å²) in [5.41, 5.74) is 8.64. The minimum Gasteiger partial charge on any atom is -0.493 e. The van der Waals surface area contributed by atoms with E-state index in [-0.39, 0.29) is 6.04 Å². The molecule has 0 saturated carbocycles. The lowest BCUT2D eigenvalue weighted by atomic mass is 10.0. The van der Waals surface area contributed by atoms with Gasteiger partial charge in [-0.3, -0.25) is 0 Å². The van der Waals surface area contributed by atoms with Gasteiger partial charge in [0.2, 0.25) is 0 Å². The molecule has 0 heterocycles. The molecule has 22 heavy (non-hydrogen) atoms. The van der Waals surface area contributed by atoms with Crippen LogP contribution in [0.25, 0.3) is 10.8 Å². The molecule has 0 radical (unpaired) electrons. The van der Waals surface area contributed by atoms with E-state index >= 15 is 0 Å². The second-order valence-electron chi connectivity index (χ2n) is 5.58. The zero-order valence-electron chi connectivity index (χ0n) is 12.8. The number of fused-ring (bicyclic) bond motifs is 1. The molecule has 2 heteroatoms. The van der Waals surface area contributed by atoms with Crippen molar-refractivity contribution in [1.29, 1.82) is 0 Å². The molecule has 0 bridgehead atoms. The number of aryl methyl sites for hydroxylation is 1. The Kier molecular flexibility index (Phi) is 4.40. The van der Waals surface area contributed by atoms with Crippen LogP contribution in [0.4, 0.5) is 0 Å². The summed E-state index contributed by atoms with van der Waals surface area (Å²) in [6.45, 7) is 2.74. The van der Waals surface area contributed by atoms with Crippen LogP contribution in [0, 0.1) is 6.92 Å². The van der Waals surface area contributed by atoms with Crippen LogP contribution in [0.3, 0.4) is 0 Å². The van der Waals surface area contributed by atoms with E-state index in [4.69, 9.17) is 10.5 Å². The van der Waals surface area contributed by atoms with Crippen LogP contribution in [-0.4, -0.2) is 6.61 Å². The van der Waals surface area contributed by atoms with Gasteiger partial charge in [-0.15, -0.1) is 0 Å². The monoisotopic (exact) mass is 291 g/mol. The quantitative estimate of drug-likeness (QED) is 0.744. The SMILES string of the molecule is Cc1ccc(OCCC(N)c2ccccc2)c2ccccc12. The van der Waals surface area contributed by atoms with Gasteiger partial charge in [0, 0.05) is 17.8 Å². The highest BCUT2D eigenvalue weighted by atomic mass is 16.5. The van der Waals surface area contributed by atoms with Crippen molar-refractivity contribution in [2.45, 2.75) is 19.4 Å². The molecule has 0 aromatic heterocycles. The van der Waals surface area contributed by atoms with Gasteiger partial charge in [-0.1, -0.05) is 60.7 Å². The molecule has 0 saturated heterocycles. The Morgan fingerprint density at radius 3 is 2.32 bits per heavy atom. The number of hydrogen-bond acceptors (Lipinski definition) is 2. The standard InChI is InChI=1S/C20H21NO/c1-15-11-12-20(18-10-6-5-9-17(15)18)22-14-13-19(21)16-7-3-2-4-8-16/h2-12,19H,13-14,21H2,1H3. The summed E-state index contributed by atoms with van der Waals surface area (Å²) in [5, 5.41) is 2.41. The molecule has 0 aliphatic carbocycles. The molecule has 2 N–H and O–H groups in total. The summed E-state index contributed by atoms with van der Waals surface area (Å²) < 4.78 is 5.99. The molecule has 0 aliphatic heterocycles. The Bertz CT molecular complexity index is 752. The van der Waals surface area contributed by atoms with Crippen molar-refractivity contribution in [2.75, 3.05) is 6.61 Å². The Morgan fingerprint density at radius 1 is 0.864 bits per heavy atom. The number of benzene rings is 3. The van der Waals surface area contributed by atoms with Crippen LogP contribution in [0.1, 0.15) is 23.6 Å². The van der Waals surface area contributed by atoms with Crippen LogP contribution >= 0.6 is 0 Å². The van der Waals surface area contributed by atoms with E-state index in [2.05, 4.69) is 43.3 Å². The molecule has 1 unspecified atom stereocenters. The molecular weight excluding hydrogens is 270 g/mol. The molecule has 0 fully saturated rings. The fraction of sp³-hybridized carbons (Fsp3) is 0.200. The van der Waals surface area contributed by atoms with Crippen molar-refractivity contribution >= 4 is 10.8 Å². The highest BCUT2D eigenvalue weighted by Crippen LogP contribution is 2.28. The second kappa shape index (κ2) is 6.63. The van der Waals surface area contributed by atoms with E-state index in [0.29, 0.717) is 6.61 Å². The average Bonchev–Trinajstić information content (AvgIpc) is 2.58.